The molecule has 0 aliphatic carbocycles. The van der Waals surface area contributed by atoms with E-state index in [0.717, 1.165) is 19.4 Å². The van der Waals surface area contributed by atoms with Crippen LogP contribution in [0.1, 0.15) is 49.0 Å². The van der Waals surface area contributed by atoms with E-state index in [0.29, 0.717) is 35.6 Å². The number of ether oxygens (including phenoxy) is 1. The standard InChI is InChI=1S/C32H33F2N3O4.HI/c1-35-17-18-36(21-35)16-2-3-19-41-26-12-13-27(30(39)20-26)31-28(14-15-29(38)22-4-6-23(33)7-5-22)32(40)37(31)25-10-8-24(34)9-11-25;/h4-13,17-18,20-21,28-29,31,38H,2-3,14-16,19H2,1H3;1H/t28-,29+,31-;/m1./s1. The number of unbranched alkanes of at least 4 members (excludes halogenated alkanes) is 1. The molecule has 0 unspecified atom stereocenters. The van der Waals surface area contributed by atoms with Crippen LogP contribution in [0, 0.1) is 17.6 Å². The molecule has 7 nitrogen and oxygen atoms in total. The van der Waals surface area contributed by atoms with Crippen molar-refractivity contribution in [3.8, 4) is 11.5 Å². The van der Waals surface area contributed by atoms with Gasteiger partial charge in [-0.2, -0.15) is 0 Å². The average molecular weight is 690 g/mol. The van der Waals surface area contributed by atoms with Crippen LogP contribution in [0.5, 0.6) is 11.5 Å². The predicted molar refractivity (Wildman–Crippen MR) is 149 cm³/mol. The van der Waals surface area contributed by atoms with Gasteiger partial charge in [0.25, 0.3) is 0 Å². The van der Waals surface area contributed by atoms with E-state index in [1.165, 1.54) is 48.5 Å². The van der Waals surface area contributed by atoms with E-state index in [-0.39, 0.29) is 47.9 Å². The van der Waals surface area contributed by atoms with Gasteiger partial charge in [0.1, 0.15) is 35.5 Å². The molecule has 3 aromatic carbocycles. The number of aromatic hydroxyl groups is 1. The predicted octanol–water partition coefficient (Wildman–Crippen LogP) is 2.38. The lowest BCUT2D eigenvalue weighted by Gasteiger charge is -2.48. The number of imidazole rings is 1. The molecule has 1 aliphatic heterocycles. The first-order valence-corrected chi connectivity index (χ1v) is 13.8. The molecule has 10 heteroatoms. The normalized spacial score (nSPS) is 17.0. The minimum Gasteiger partial charge on any atom is -1.00 e. The maximum absolute atomic E-state index is 13.6. The number of hydrogen-bond donors (Lipinski definition) is 2. The highest BCUT2D eigenvalue weighted by Gasteiger charge is 2.49. The van der Waals surface area contributed by atoms with E-state index in [4.69, 9.17) is 4.74 Å². The summed E-state index contributed by atoms with van der Waals surface area (Å²) in [5.41, 5.74) is 1.63. The number of amides is 1. The molecule has 222 valence electrons. The van der Waals surface area contributed by atoms with E-state index < -0.39 is 23.9 Å². The topological polar surface area (TPSA) is 78.8 Å². The number of rotatable bonds is 12. The van der Waals surface area contributed by atoms with Gasteiger partial charge in [0.15, 0.2) is 0 Å². The number of halogens is 3. The Kier molecular flexibility index (Phi) is 10.6. The summed E-state index contributed by atoms with van der Waals surface area (Å²) in [6.07, 6.45) is 7.58. The van der Waals surface area contributed by atoms with Gasteiger partial charge < -0.3 is 43.8 Å². The zero-order valence-electron chi connectivity index (χ0n) is 23.2. The van der Waals surface area contributed by atoms with Crippen LogP contribution in [-0.4, -0.2) is 27.3 Å². The molecule has 0 radical (unpaired) electrons. The molecule has 0 spiro atoms. The molecule has 3 atom stereocenters. The lowest BCUT2D eigenvalue weighted by Crippen LogP contribution is -3.00. The zero-order chi connectivity index (χ0) is 28.9. The highest BCUT2D eigenvalue weighted by atomic mass is 127. The van der Waals surface area contributed by atoms with E-state index in [1.807, 2.05) is 30.3 Å². The second kappa shape index (κ2) is 14.1. The molecule has 0 saturated carbocycles. The van der Waals surface area contributed by atoms with E-state index in [2.05, 4.69) is 4.57 Å². The number of aryl methyl sites for hydroxylation is 2. The number of aliphatic hydroxyl groups excluding tert-OH is 1. The lowest BCUT2D eigenvalue weighted by atomic mass is 9.78. The number of nitrogens with zero attached hydrogens (tertiary/aromatic N) is 3. The Morgan fingerprint density at radius 3 is 2.33 bits per heavy atom. The van der Waals surface area contributed by atoms with Gasteiger partial charge >= 0.3 is 0 Å². The number of benzene rings is 3. The fraction of sp³-hybridized carbons (Fsp3) is 0.312. The third kappa shape index (κ3) is 7.27. The average Bonchev–Trinajstić information content (AvgIpc) is 3.38. The molecular weight excluding hydrogens is 655 g/mol. The Bertz CT molecular complexity index is 1480. The second-order valence-electron chi connectivity index (χ2n) is 10.5. The highest BCUT2D eigenvalue weighted by molar-refractivity contribution is 6.03. The minimum absolute atomic E-state index is 0. The van der Waals surface area contributed by atoms with Gasteiger partial charge in [0.05, 0.1) is 38.3 Å². The summed E-state index contributed by atoms with van der Waals surface area (Å²) in [7, 11) is 1.98. The largest absolute Gasteiger partial charge is 1.00 e. The quantitative estimate of drug-likeness (QED) is 0.104. The molecule has 0 bridgehead atoms. The molecule has 2 N–H and O–H groups in total. The first-order chi connectivity index (χ1) is 19.8. The Balaban J connectivity index is 0.00000405. The van der Waals surface area contributed by atoms with Crippen molar-refractivity contribution in [2.24, 2.45) is 13.0 Å². The van der Waals surface area contributed by atoms with Crippen LogP contribution in [0.4, 0.5) is 14.5 Å². The number of anilines is 1. The summed E-state index contributed by atoms with van der Waals surface area (Å²) >= 11 is 0. The SMILES string of the molecule is C[n+]1ccn(CCCCOc2ccc([C@@H]3[C@@H](CC[C@H](O)c4ccc(F)cc4)C(=O)N3c3ccc(F)cc3)c(O)c2)c1.[I-]. The Morgan fingerprint density at radius 2 is 1.69 bits per heavy atom. The highest BCUT2D eigenvalue weighted by Crippen LogP contribution is 2.49. The van der Waals surface area contributed by atoms with Gasteiger partial charge in [-0.1, -0.05) is 12.1 Å². The second-order valence-corrected chi connectivity index (χ2v) is 10.5. The first kappa shape index (κ1) is 31.4. The van der Waals surface area contributed by atoms with Crippen molar-refractivity contribution in [2.45, 2.75) is 44.4 Å². The monoisotopic (exact) mass is 689 g/mol. The fourth-order valence-electron chi connectivity index (χ4n) is 5.35. The maximum atomic E-state index is 13.6. The molecule has 1 saturated heterocycles. The van der Waals surface area contributed by atoms with Crippen molar-refractivity contribution in [2.75, 3.05) is 11.5 Å². The van der Waals surface area contributed by atoms with Crippen LogP contribution < -0.4 is 38.2 Å². The summed E-state index contributed by atoms with van der Waals surface area (Å²) in [6, 6.07) is 15.8. The van der Waals surface area contributed by atoms with Gasteiger partial charge in [-0.25, -0.2) is 17.9 Å². The van der Waals surface area contributed by atoms with Crippen molar-refractivity contribution in [3.05, 3.63) is 108 Å². The number of aliphatic hydroxyl groups is 1. The summed E-state index contributed by atoms with van der Waals surface area (Å²) in [6.45, 7) is 1.39. The molecule has 1 amide bonds. The van der Waals surface area contributed by atoms with E-state index >= 15 is 0 Å². The number of phenols is 1. The molecule has 4 aromatic rings. The number of hydrogen-bond acceptors (Lipinski definition) is 4. The molecule has 1 aromatic heterocycles. The summed E-state index contributed by atoms with van der Waals surface area (Å²) in [5.74, 6) is -0.965. The van der Waals surface area contributed by atoms with Crippen molar-refractivity contribution < 1.29 is 57.1 Å². The van der Waals surface area contributed by atoms with Crippen LogP contribution in [-0.2, 0) is 18.4 Å². The van der Waals surface area contributed by atoms with E-state index in [1.54, 1.807) is 23.1 Å². The maximum Gasteiger partial charge on any atom is 0.243 e. The Morgan fingerprint density at radius 1 is 1.00 bits per heavy atom. The van der Waals surface area contributed by atoms with Gasteiger partial charge in [-0.15, -0.1) is 0 Å². The lowest BCUT2D eigenvalue weighted by molar-refractivity contribution is -0.671. The number of phenolic OH excluding ortho intramolecular Hbond substituents is 1. The van der Waals surface area contributed by atoms with Crippen molar-refractivity contribution in [1.82, 2.24) is 4.57 Å². The van der Waals surface area contributed by atoms with Crippen molar-refractivity contribution in [1.29, 1.82) is 0 Å². The first-order valence-electron chi connectivity index (χ1n) is 13.8. The fourth-order valence-corrected chi connectivity index (χ4v) is 5.35. The van der Waals surface area contributed by atoms with Crippen LogP contribution >= 0.6 is 0 Å². The molecule has 1 fully saturated rings. The van der Waals surface area contributed by atoms with Crippen LogP contribution in [0.15, 0.2) is 85.5 Å². The zero-order valence-corrected chi connectivity index (χ0v) is 25.4. The van der Waals surface area contributed by atoms with E-state index in [9.17, 15) is 23.8 Å². The molecular formula is C32H34F2IN3O4. The van der Waals surface area contributed by atoms with Crippen LogP contribution in [0.25, 0.3) is 0 Å². The third-order valence-electron chi connectivity index (χ3n) is 7.55. The number of β-lactam (4-membered cyclic amide) rings is 1. The van der Waals surface area contributed by atoms with Gasteiger partial charge in [0.2, 0.25) is 12.2 Å². The Labute approximate surface area is 261 Å². The van der Waals surface area contributed by atoms with Crippen LogP contribution in [0.2, 0.25) is 0 Å². The summed E-state index contributed by atoms with van der Waals surface area (Å²) in [5, 5.41) is 21.7. The number of carbonyl (C=O) groups excluding carboxylic acids is 1. The van der Waals surface area contributed by atoms with Crippen LogP contribution in [0.3, 0.4) is 0 Å². The van der Waals surface area contributed by atoms with Gasteiger partial charge in [0, 0.05) is 17.3 Å². The molecule has 42 heavy (non-hydrogen) atoms. The number of aromatic nitrogens is 2. The smallest absolute Gasteiger partial charge is 0.243 e. The summed E-state index contributed by atoms with van der Waals surface area (Å²) in [4.78, 5) is 14.8. The van der Waals surface area contributed by atoms with Gasteiger partial charge in [-0.3, -0.25) is 4.79 Å². The molecule has 2 heterocycles. The third-order valence-corrected chi connectivity index (χ3v) is 7.55. The Hall–Kier alpha value is -3.51. The minimum atomic E-state index is -0.867. The van der Waals surface area contributed by atoms with Crippen molar-refractivity contribution in [3.63, 3.8) is 0 Å². The molecule has 5 rings (SSSR count). The number of carbonyl (C=O) groups is 1. The molecule has 1 aliphatic rings. The van der Waals surface area contributed by atoms with Crippen molar-refractivity contribution >= 4 is 11.6 Å². The summed E-state index contributed by atoms with van der Waals surface area (Å²) < 4.78 is 36.9. The van der Waals surface area contributed by atoms with Gasteiger partial charge in [-0.05, 0) is 79.8 Å².